The monoisotopic (exact) mass is 251 g/mol. The second kappa shape index (κ2) is 5.14. The average Bonchev–Trinajstić information content (AvgIpc) is 2.35. The zero-order valence-electron chi connectivity index (χ0n) is 9.27. The molecule has 0 amide bonds. The molecule has 0 bridgehead atoms. The Morgan fingerprint density at radius 1 is 1.24 bits per heavy atom. The van der Waals surface area contributed by atoms with Crippen LogP contribution in [0.15, 0.2) is 18.2 Å². The van der Waals surface area contributed by atoms with Gasteiger partial charge in [-0.15, -0.1) is 0 Å². The molecule has 1 heterocycles. The highest BCUT2D eigenvalue weighted by molar-refractivity contribution is 7.80. The van der Waals surface area contributed by atoms with Crippen molar-refractivity contribution in [1.29, 1.82) is 0 Å². The molecule has 4 nitrogen and oxygen atoms in total. The quantitative estimate of drug-likeness (QED) is 0.652. The third-order valence-electron chi connectivity index (χ3n) is 2.46. The fourth-order valence-corrected chi connectivity index (χ4v) is 1.70. The highest BCUT2D eigenvalue weighted by Gasteiger charge is 2.14. The van der Waals surface area contributed by atoms with Gasteiger partial charge in [0.25, 0.3) is 0 Å². The number of carbonyl (C=O) groups excluding carboxylic acids is 1. The fourth-order valence-electron chi connectivity index (χ4n) is 1.60. The predicted molar refractivity (Wildman–Crippen MR) is 67.8 cm³/mol. The Morgan fingerprint density at radius 2 is 1.94 bits per heavy atom. The van der Waals surface area contributed by atoms with E-state index in [1.807, 2.05) is 0 Å². The number of fused-ring (bicyclic) bond motifs is 1. The fraction of sp³-hybridized carbons (Fsp3) is 0.333. The zero-order valence-corrected chi connectivity index (χ0v) is 10.1. The Hall–Kier alpha value is -1.62. The van der Waals surface area contributed by atoms with Gasteiger partial charge in [-0.25, -0.2) is 0 Å². The van der Waals surface area contributed by atoms with E-state index in [1.165, 1.54) is 0 Å². The van der Waals surface area contributed by atoms with E-state index in [0.717, 1.165) is 0 Å². The number of ether oxygens (including phenoxy) is 2. The molecule has 0 unspecified atom stereocenters. The van der Waals surface area contributed by atoms with Gasteiger partial charge in [-0.05, 0) is 18.2 Å². The van der Waals surface area contributed by atoms with Gasteiger partial charge in [0, 0.05) is 18.4 Å². The zero-order chi connectivity index (χ0) is 12.3. The second-order valence-electron chi connectivity index (χ2n) is 3.75. The van der Waals surface area contributed by atoms with Crippen LogP contribution < -0.4 is 15.2 Å². The molecule has 0 spiro atoms. The number of benzene rings is 1. The summed E-state index contributed by atoms with van der Waals surface area (Å²) in [7, 11) is 0. The molecule has 1 aromatic carbocycles. The van der Waals surface area contributed by atoms with E-state index in [4.69, 9.17) is 27.4 Å². The van der Waals surface area contributed by atoms with Gasteiger partial charge < -0.3 is 15.2 Å². The summed E-state index contributed by atoms with van der Waals surface area (Å²) < 4.78 is 10.8. The summed E-state index contributed by atoms with van der Waals surface area (Å²) in [6.07, 6.45) is 0.761. The highest BCUT2D eigenvalue weighted by atomic mass is 32.1. The van der Waals surface area contributed by atoms with Gasteiger partial charge in [-0.1, -0.05) is 12.2 Å². The Bertz CT molecular complexity index is 459. The number of carbonyl (C=O) groups is 1. The standard InChI is InChI=1S/C12H13NO3S/c13-12(17)4-2-9(14)8-1-3-10-11(7-8)16-6-5-15-10/h1,3,7H,2,4-6H2,(H2,13,17). The van der Waals surface area contributed by atoms with Gasteiger partial charge in [0.05, 0.1) is 4.99 Å². The van der Waals surface area contributed by atoms with Crippen molar-refractivity contribution in [1.82, 2.24) is 0 Å². The Labute approximate surface area is 105 Å². The molecule has 0 fully saturated rings. The molecule has 17 heavy (non-hydrogen) atoms. The van der Waals surface area contributed by atoms with Crippen molar-refractivity contribution < 1.29 is 14.3 Å². The minimum Gasteiger partial charge on any atom is -0.486 e. The van der Waals surface area contributed by atoms with E-state index in [-0.39, 0.29) is 5.78 Å². The van der Waals surface area contributed by atoms with Crippen LogP contribution in [0.4, 0.5) is 0 Å². The SMILES string of the molecule is NC(=S)CCC(=O)c1ccc2c(c1)OCCO2. The van der Waals surface area contributed by atoms with Crippen LogP contribution in [0, 0.1) is 0 Å². The highest BCUT2D eigenvalue weighted by Crippen LogP contribution is 2.31. The van der Waals surface area contributed by atoms with Crippen molar-refractivity contribution in [2.24, 2.45) is 5.73 Å². The maximum absolute atomic E-state index is 11.8. The van der Waals surface area contributed by atoms with Crippen LogP contribution in [0.3, 0.4) is 0 Å². The van der Waals surface area contributed by atoms with E-state index in [1.54, 1.807) is 18.2 Å². The summed E-state index contributed by atoms with van der Waals surface area (Å²) in [5, 5.41) is 0. The van der Waals surface area contributed by atoms with Gasteiger partial charge in [-0.2, -0.15) is 0 Å². The van der Waals surface area contributed by atoms with Crippen molar-refractivity contribution in [2.75, 3.05) is 13.2 Å². The van der Waals surface area contributed by atoms with E-state index in [9.17, 15) is 4.79 Å². The van der Waals surface area contributed by atoms with Crippen LogP contribution in [-0.4, -0.2) is 24.0 Å². The molecule has 0 radical (unpaired) electrons. The van der Waals surface area contributed by atoms with Crippen LogP contribution in [0.1, 0.15) is 23.2 Å². The third kappa shape index (κ3) is 2.94. The van der Waals surface area contributed by atoms with Crippen LogP contribution in [0.5, 0.6) is 11.5 Å². The van der Waals surface area contributed by atoms with Gasteiger partial charge in [0.2, 0.25) is 0 Å². The molecule has 90 valence electrons. The molecule has 2 rings (SSSR count). The van der Waals surface area contributed by atoms with E-state index >= 15 is 0 Å². The van der Waals surface area contributed by atoms with Crippen molar-refractivity contribution in [2.45, 2.75) is 12.8 Å². The van der Waals surface area contributed by atoms with Gasteiger partial charge >= 0.3 is 0 Å². The molecule has 0 saturated carbocycles. The minimum absolute atomic E-state index is 0.00905. The number of ketones is 1. The lowest BCUT2D eigenvalue weighted by molar-refractivity contribution is 0.0983. The first-order valence-electron chi connectivity index (χ1n) is 5.38. The van der Waals surface area contributed by atoms with Crippen molar-refractivity contribution >= 4 is 23.0 Å². The molecular weight excluding hydrogens is 238 g/mol. The topological polar surface area (TPSA) is 61.6 Å². The first-order chi connectivity index (χ1) is 8.16. The molecule has 2 N–H and O–H groups in total. The molecule has 1 aromatic rings. The minimum atomic E-state index is 0.00905. The predicted octanol–water partition coefficient (Wildman–Crippen LogP) is 1.71. The average molecular weight is 251 g/mol. The lowest BCUT2D eigenvalue weighted by Gasteiger charge is -2.18. The largest absolute Gasteiger partial charge is 0.486 e. The second-order valence-corrected chi connectivity index (χ2v) is 4.27. The summed E-state index contributed by atoms with van der Waals surface area (Å²) in [5.41, 5.74) is 5.97. The van der Waals surface area contributed by atoms with Crippen molar-refractivity contribution in [3.05, 3.63) is 23.8 Å². The van der Waals surface area contributed by atoms with Crippen molar-refractivity contribution in [3.8, 4) is 11.5 Å². The first kappa shape index (κ1) is 11.9. The number of nitrogens with two attached hydrogens (primary N) is 1. The smallest absolute Gasteiger partial charge is 0.163 e. The number of thiocarbonyl (C=S) groups is 1. The van der Waals surface area contributed by atoms with Gasteiger partial charge in [-0.3, -0.25) is 4.79 Å². The Morgan fingerprint density at radius 3 is 2.65 bits per heavy atom. The molecule has 0 aliphatic carbocycles. The Kier molecular flexibility index (Phi) is 3.58. The normalized spacial score (nSPS) is 13.2. The number of Topliss-reactive ketones (excluding diaryl/α,β-unsaturated/α-hetero) is 1. The third-order valence-corrected chi connectivity index (χ3v) is 2.67. The van der Waals surface area contributed by atoms with Crippen molar-refractivity contribution in [3.63, 3.8) is 0 Å². The summed E-state index contributed by atoms with van der Waals surface area (Å²) in [5.74, 6) is 1.31. The summed E-state index contributed by atoms with van der Waals surface area (Å²) in [6, 6.07) is 5.19. The summed E-state index contributed by atoms with van der Waals surface area (Å²) in [4.78, 5) is 12.2. The molecule has 0 aromatic heterocycles. The van der Waals surface area contributed by atoms with Gasteiger partial charge in [0.1, 0.15) is 13.2 Å². The molecule has 0 saturated heterocycles. The molecule has 0 atom stereocenters. The summed E-state index contributed by atoms with van der Waals surface area (Å²) in [6.45, 7) is 1.05. The first-order valence-corrected chi connectivity index (χ1v) is 5.79. The van der Waals surface area contributed by atoms with Crippen LogP contribution in [0.25, 0.3) is 0 Å². The van der Waals surface area contributed by atoms with Crippen LogP contribution in [0.2, 0.25) is 0 Å². The number of hydrogen-bond acceptors (Lipinski definition) is 4. The van der Waals surface area contributed by atoms with E-state index in [0.29, 0.717) is 48.1 Å². The molecular formula is C12H13NO3S. The molecule has 1 aliphatic rings. The van der Waals surface area contributed by atoms with E-state index in [2.05, 4.69) is 0 Å². The maximum atomic E-state index is 11.8. The van der Waals surface area contributed by atoms with Crippen LogP contribution in [-0.2, 0) is 0 Å². The molecule has 5 heteroatoms. The lowest BCUT2D eigenvalue weighted by atomic mass is 10.1. The van der Waals surface area contributed by atoms with Gasteiger partial charge in [0.15, 0.2) is 17.3 Å². The maximum Gasteiger partial charge on any atom is 0.163 e. The Balaban J connectivity index is 2.11. The number of hydrogen-bond donors (Lipinski definition) is 1. The van der Waals surface area contributed by atoms with E-state index < -0.39 is 0 Å². The number of rotatable bonds is 4. The van der Waals surface area contributed by atoms with Crippen LogP contribution >= 0.6 is 12.2 Å². The summed E-state index contributed by atoms with van der Waals surface area (Å²) >= 11 is 4.74. The molecule has 1 aliphatic heterocycles. The lowest BCUT2D eigenvalue weighted by Crippen LogP contribution is -2.16.